The lowest BCUT2D eigenvalue weighted by molar-refractivity contribution is -0.132. The van der Waals surface area contributed by atoms with Crippen LogP contribution in [0.2, 0.25) is 0 Å². The number of nitrogens with zero attached hydrogens (tertiary/aromatic N) is 1. The number of carbonyl (C=O) groups is 2. The number of rotatable bonds is 3. The summed E-state index contributed by atoms with van der Waals surface area (Å²) in [7, 11) is 1.52. The highest BCUT2D eigenvalue weighted by atomic mass is 16.5. The fraction of sp³-hybridized carbons (Fsp3) is 0.467. The molecule has 0 radical (unpaired) electrons. The zero-order valence-corrected chi connectivity index (χ0v) is 12.1. The number of nitrogens with two attached hydrogens (primary N) is 1. The van der Waals surface area contributed by atoms with E-state index in [9.17, 15) is 9.59 Å². The van der Waals surface area contributed by atoms with Crippen molar-refractivity contribution in [3.05, 3.63) is 23.8 Å². The van der Waals surface area contributed by atoms with Crippen molar-refractivity contribution in [1.82, 2.24) is 0 Å². The Balaban J connectivity index is 2.41. The SMILES string of the molecule is COc1cc(CN)ccc1N1C(=O)CC(C)(C)CC1=O. The molecule has 0 aliphatic carbocycles. The lowest BCUT2D eigenvalue weighted by Crippen LogP contribution is -2.46. The normalized spacial score (nSPS) is 18.3. The number of anilines is 1. The predicted octanol–water partition coefficient (Wildman–Crippen LogP) is 1.83. The molecule has 1 aromatic rings. The van der Waals surface area contributed by atoms with Gasteiger partial charge in [0.25, 0.3) is 0 Å². The van der Waals surface area contributed by atoms with Crippen LogP contribution in [-0.2, 0) is 16.1 Å². The first-order chi connectivity index (χ1) is 9.38. The van der Waals surface area contributed by atoms with E-state index in [1.165, 1.54) is 12.0 Å². The van der Waals surface area contributed by atoms with Crippen molar-refractivity contribution in [2.45, 2.75) is 33.2 Å². The van der Waals surface area contributed by atoms with Crippen molar-refractivity contribution in [1.29, 1.82) is 0 Å². The number of hydrogen-bond acceptors (Lipinski definition) is 4. The lowest BCUT2D eigenvalue weighted by atomic mass is 9.81. The van der Waals surface area contributed by atoms with E-state index in [2.05, 4.69) is 0 Å². The molecule has 1 heterocycles. The molecule has 0 spiro atoms. The molecule has 1 aliphatic rings. The Kier molecular flexibility index (Phi) is 3.81. The van der Waals surface area contributed by atoms with Crippen LogP contribution in [0.3, 0.4) is 0 Å². The van der Waals surface area contributed by atoms with Crippen LogP contribution < -0.4 is 15.4 Å². The molecule has 108 valence electrons. The Morgan fingerprint density at radius 3 is 2.35 bits per heavy atom. The molecule has 5 heteroatoms. The third-order valence-electron chi connectivity index (χ3n) is 3.48. The minimum Gasteiger partial charge on any atom is -0.495 e. The highest BCUT2D eigenvalue weighted by Crippen LogP contribution is 2.37. The second-order valence-corrected chi connectivity index (χ2v) is 5.85. The van der Waals surface area contributed by atoms with Gasteiger partial charge in [-0.25, -0.2) is 4.90 Å². The van der Waals surface area contributed by atoms with E-state index in [1.807, 2.05) is 13.8 Å². The number of benzene rings is 1. The summed E-state index contributed by atoms with van der Waals surface area (Å²) in [6.45, 7) is 4.23. The van der Waals surface area contributed by atoms with Gasteiger partial charge < -0.3 is 10.5 Å². The number of piperidine rings is 1. The fourth-order valence-corrected chi connectivity index (χ4v) is 2.48. The summed E-state index contributed by atoms with van der Waals surface area (Å²) in [6, 6.07) is 5.28. The zero-order chi connectivity index (χ0) is 14.9. The molecule has 1 aromatic carbocycles. The monoisotopic (exact) mass is 276 g/mol. The summed E-state index contributed by atoms with van der Waals surface area (Å²) in [5.41, 5.74) is 6.69. The Bertz CT molecular complexity index is 532. The van der Waals surface area contributed by atoms with Crippen LogP contribution in [0, 0.1) is 5.41 Å². The van der Waals surface area contributed by atoms with E-state index in [-0.39, 0.29) is 17.2 Å². The summed E-state index contributed by atoms with van der Waals surface area (Å²) in [5.74, 6) is 0.115. The average Bonchev–Trinajstić information content (AvgIpc) is 2.36. The second-order valence-electron chi connectivity index (χ2n) is 5.85. The van der Waals surface area contributed by atoms with Crippen molar-refractivity contribution < 1.29 is 14.3 Å². The third-order valence-corrected chi connectivity index (χ3v) is 3.48. The summed E-state index contributed by atoms with van der Waals surface area (Å²) >= 11 is 0. The molecule has 2 amide bonds. The quantitative estimate of drug-likeness (QED) is 0.855. The van der Waals surface area contributed by atoms with Gasteiger partial charge in [0.15, 0.2) is 0 Å². The molecule has 2 rings (SSSR count). The number of imide groups is 1. The van der Waals surface area contributed by atoms with Gasteiger partial charge in [0.2, 0.25) is 11.8 Å². The molecule has 0 atom stereocenters. The van der Waals surface area contributed by atoms with Crippen LogP contribution in [0.1, 0.15) is 32.3 Å². The van der Waals surface area contributed by atoms with E-state index < -0.39 is 0 Å². The first-order valence-corrected chi connectivity index (χ1v) is 6.61. The van der Waals surface area contributed by atoms with Crippen molar-refractivity contribution in [3.8, 4) is 5.75 Å². The third kappa shape index (κ3) is 2.67. The maximum atomic E-state index is 12.3. The average molecular weight is 276 g/mol. The first kappa shape index (κ1) is 14.5. The summed E-state index contributed by atoms with van der Waals surface area (Å²) in [5, 5.41) is 0. The van der Waals surface area contributed by atoms with Gasteiger partial charge >= 0.3 is 0 Å². The maximum Gasteiger partial charge on any atom is 0.234 e. The molecule has 0 aromatic heterocycles. The van der Waals surface area contributed by atoms with Crippen molar-refractivity contribution >= 4 is 17.5 Å². The van der Waals surface area contributed by atoms with Gasteiger partial charge in [0, 0.05) is 19.4 Å². The molecular weight excluding hydrogens is 256 g/mol. The van der Waals surface area contributed by atoms with E-state index in [0.29, 0.717) is 30.8 Å². The number of ether oxygens (including phenoxy) is 1. The summed E-state index contributed by atoms with van der Waals surface area (Å²) in [4.78, 5) is 25.8. The van der Waals surface area contributed by atoms with Gasteiger partial charge in [-0.15, -0.1) is 0 Å². The molecule has 0 bridgehead atoms. The van der Waals surface area contributed by atoms with Crippen molar-refractivity contribution in [3.63, 3.8) is 0 Å². The van der Waals surface area contributed by atoms with E-state index in [0.717, 1.165) is 5.56 Å². The van der Waals surface area contributed by atoms with Gasteiger partial charge in [-0.2, -0.15) is 0 Å². The Hall–Kier alpha value is -1.88. The highest BCUT2D eigenvalue weighted by molar-refractivity contribution is 6.17. The molecule has 0 unspecified atom stereocenters. The van der Waals surface area contributed by atoms with Gasteiger partial charge in [0.05, 0.1) is 12.8 Å². The number of methoxy groups -OCH3 is 1. The van der Waals surface area contributed by atoms with E-state index in [1.54, 1.807) is 18.2 Å². The van der Waals surface area contributed by atoms with Crippen LogP contribution in [0.25, 0.3) is 0 Å². The highest BCUT2D eigenvalue weighted by Gasteiger charge is 2.39. The van der Waals surface area contributed by atoms with E-state index >= 15 is 0 Å². The number of hydrogen-bond donors (Lipinski definition) is 1. The van der Waals surface area contributed by atoms with Gasteiger partial charge in [-0.3, -0.25) is 9.59 Å². The summed E-state index contributed by atoms with van der Waals surface area (Å²) < 4.78 is 5.29. The number of carbonyl (C=O) groups excluding carboxylic acids is 2. The Labute approximate surface area is 118 Å². The predicted molar refractivity (Wildman–Crippen MR) is 76.4 cm³/mol. The molecule has 1 fully saturated rings. The molecule has 2 N–H and O–H groups in total. The van der Waals surface area contributed by atoms with Gasteiger partial charge in [0.1, 0.15) is 5.75 Å². The Morgan fingerprint density at radius 2 is 1.85 bits per heavy atom. The largest absolute Gasteiger partial charge is 0.495 e. The van der Waals surface area contributed by atoms with Crippen molar-refractivity contribution in [2.75, 3.05) is 12.0 Å². The standard InChI is InChI=1S/C15H20N2O3/c1-15(2)7-13(18)17(14(19)8-15)11-5-4-10(9-16)6-12(11)20-3/h4-6H,7-9,16H2,1-3H3. The molecule has 1 aliphatic heterocycles. The zero-order valence-electron chi connectivity index (χ0n) is 12.1. The minimum absolute atomic E-state index is 0.190. The molecule has 1 saturated heterocycles. The lowest BCUT2D eigenvalue weighted by Gasteiger charge is -2.35. The molecule has 0 saturated carbocycles. The first-order valence-electron chi connectivity index (χ1n) is 6.61. The van der Waals surface area contributed by atoms with Gasteiger partial charge in [-0.1, -0.05) is 19.9 Å². The van der Waals surface area contributed by atoms with Crippen LogP contribution in [0.15, 0.2) is 18.2 Å². The molecular formula is C15H20N2O3. The smallest absolute Gasteiger partial charge is 0.234 e. The van der Waals surface area contributed by atoms with Crippen LogP contribution in [0.5, 0.6) is 5.75 Å². The number of amides is 2. The minimum atomic E-state index is -0.283. The second kappa shape index (κ2) is 5.25. The maximum absolute atomic E-state index is 12.3. The fourth-order valence-electron chi connectivity index (χ4n) is 2.48. The summed E-state index contributed by atoms with van der Waals surface area (Å²) in [6.07, 6.45) is 0.696. The molecule has 5 nitrogen and oxygen atoms in total. The van der Waals surface area contributed by atoms with Crippen LogP contribution in [-0.4, -0.2) is 18.9 Å². The molecule has 20 heavy (non-hydrogen) atoms. The van der Waals surface area contributed by atoms with Crippen LogP contribution >= 0.6 is 0 Å². The van der Waals surface area contributed by atoms with Gasteiger partial charge in [-0.05, 0) is 23.1 Å². The topological polar surface area (TPSA) is 72.6 Å². The van der Waals surface area contributed by atoms with Crippen molar-refractivity contribution in [2.24, 2.45) is 11.1 Å². The van der Waals surface area contributed by atoms with Crippen LogP contribution in [0.4, 0.5) is 5.69 Å². The Morgan fingerprint density at radius 1 is 1.25 bits per heavy atom. The van der Waals surface area contributed by atoms with E-state index in [4.69, 9.17) is 10.5 Å².